The molecule has 10 heteroatoms. The van der Waals surface area contributed by atoms with Crippen LogP contribution in [0.1, 0.15) is 40.5 Å². The van der Waals surface area contributed by atoms with Crippen LogP contribution in [0, 0.1) is 5.92 Å². The van der Waals surface area contributed by atoms with E-state index in [1.54, 1.807) is 0 Å². The largest absolute Gasteiger partial charge is 0.490 e. The third-order valence-electron chi connectivity index (χ3n) is 5.48. The summed E-state index contributed by atoms with van der Waals surface area (Å²) in [6, 6.07) is 3.38. The van der Waals surface area contributed by atoms with E-state index in [4.69, 9.17) is 9.47 Å². The number of benzene rings is 1. The van der Waals surface area contributed by atoms with Crippen molar-refractivity contribution in [3.05, 3.63) is 16.6 Å². The van der Waals surface area contributed by atoms with E-state index in [1.807, 2.05) is 44.7 Å². The predicted molar refractivity (Wildman–Crippen MR) is 129 cm³/mol. The maximum Gasteiger partial charge on any atom is 0.251 e. The first kappa shape index (κ1) is 24.4. The van der Waals surface area contributed by atoms with Crippen LogP contribution in [0.4, 0.5) is 5.69 Å². The maximum atomic E-state index is 12.8. The molecule has 0 N–H and O–H groups in total. The Labute approximate surface area is 197 Å². The van der Waals surface area contributed by atoms with E-state index < -0.39 is 9.84 Å². The zero-order valence-corrected chi connectivity index (χ0v) is 21.5. The molecule has 0 bridgehead atoms. The van der Waals surface area contributed by atoms with Crippen LogP contribution in [-0.4, -0.2) is 55.5 Å². The summed E-state index contributed by atoms with van der Waals surface area (Å²) in [5.41, 5.74) is 0.722. The molecule has 2 heterocycles. The van der Waals surface area contributed by atoms with Gasteiger partial charge in [0.25, 0.3) is 5.91 Å². The van der Waals surface area contributed by atoms with Gasteiger partial charge >= 0.3 is 0 Å². The number of aliphatic imine (C=N–C) groups is 1. The molecule has 2 fully saturated rings. The van der Waals surface area contributed by atoms with E-state index in [0.29, 0.717) is 29.9 Å². The van der Waals surface area contributed by atoms with Gasteiger partial charge in [-0.3, -0.25) is 4.79 Å². The summed E-state index contributed by atoms with van der Waals surface area (Å²) in [5.74, 6) is 1.00. The van der Waals surface area contributed by atoms with Crippen molar-refractivity contribution in [3.63, 3.8) is 0 Å². The average molecular weight is 534 g/mol. The minimum Gasteiger partial charge on any atom is -0.490 e. The van der Waals surface area contributed by atoms with Crippen LogP contribution in [-0.2, 0) is 14.6 Å². The predicted octanol–water partition coefficient (Wildman–Crippen LogP) is 4.28. The molecule has 0 unspecified atom stereocenters. The van der Waals surface area contributed by atoms with Crippen LogP contribution in [0.5, 0.6) is 11.5 Å². The Morgan fingerprint density at radius 1 is 1.16 bits per heavy atom. The van der Waals surface area contributed by atoms with Crippen molar-refractivity contribution in [1.82, 2.24) is 0 Å². The van der Waals surface area contributed by atoms with E-state index in [1.165, 1.54) is 11.8 Å². The van der Waals surface area contributed by atoms with E-state index in [9.17, 15) is 13.2 Å². The fourth-order valence-corrected chi connectivity index (χ4v) is 8.34. The first-order valence-electron chi connectivity index (χ1n) is 10.6. The van der Waals surface area contributed by atoms with Crippen molar-refractivity contribution >= 4 is 54.3 Å². The number of anilines is 1. The lowest BCUT2D eigenvalue weighted by Crippen LogP contribution is -2.38. The van der Waals surface area contributed by atoms with Crippen LogP contribution in [0.25, 0.3) is 0 Å². The minimum atomic E-state index is -3.15. The molecule has 2 saturated heterocycles. The molecule has 2 aliphatic rings. The molecular formula is C21H29BrN2O5S2. The van der Waals surface area contributed by atoms with Crippen LogP contribution in [0.2, 0.25) is 0 Å². The standard InChI is InChI=1S/C21H29BrN2O5S2/c1-5-13(6-2)20(25)23-21-24(16-11-31(26,27)12-19(16)30-21)15-10-18(29-8-4)17(28-7-3)9-14(15)22/h9-10,13,16,19H,5-8,11-12H2,1-4H3/t16-,19+/m1/s1. The van der Waals surface area contributed by atoms with Crippen molar-refractivity contribution in [1.29, 1.82) is 0 Å². The lowest BCUT2D eigenvalue weighted by Gasteiger charge is -2.27. The zero-order chi connectivity index (χ0) is 22.8. The molecule has 0 aromatic heterocycles. The van der Waals surface area contributed by atoms with Gasteiger partial charge in [-0.15, -0.1) is 0 Å². The number of rotatable bonds is 8. The Morgan fingerprint density at radius 3 is 2.35 bits per heavy atom. The smallest absolute Gasteiger partial charge is 0.251 e. The van der Waals surface area contributed by atoms with Crippen molar-refractivity contribution in [3.8, 4) is 11.5 Å². The second kappa shape index (κ2) is 10.1. The number of fused-ring (bicyclic) bond motifs is 1. The highest BCUT2D eigenvalue weighted by molar-refractivity contribution is 9.10. The number of amides is 1. The van der Waals surface area contributed by atoms with Gasteiger partial charge < -0.3 is 14.4 Å². The number of amidine groups is 1. The number of thioether (sulfide) groups is 1. The summed E-state index contributed by atoms with van der Waals surface area (Å²) < 4.78 is 36.9. The van der Waals surface area contributed by atoms with E-state index in [-0.39, 0.29) is 34.6 Å². The number of ether oxygens (including phenoxy) is 2. The van der Waals surface area contributed by atoms with E-state index in [2.05, 4.69) is 20.9 Å². The Kier molecular flexibility index (Phi) is 7.96. The number of halogens is 1. The summed E-state index contributed by atoms with van der Waals surface area (Å²) in [6.07, 6.45) is 1.44. The average Bonchev–Trinajstić information content (AvgIpc) is 3.16. The molecular weight excluding hydrogens is 504 g/mol. The molecule has 0 radical (unpaired) electrons. The molecule has 3 rings (SSSR count). The third-order valence-corrected chi connectivity index (χ3v) is 9.32. The highest BCUT2D eigenvalue weighted by atomic mass is 79.9. The highest BCUT2D eigenvalue weighted by Crippen LogP contribution is 2.46. The molecule has 172 valence electrons. The van der Waals surface area contributed by atoms with Crippen LogP contribution in [0.3, 0.4) is 0 Å². The first-order valence-corrected chi connectivity index (χ1v) is 14.1. The molecule has 0 saturated carbocycles. The molecule has 1 amide bonds. The quantitative estimate of drug-likeness (QED) is 0.493. The Bertz CT molecular complexity index is 963. The normalized spacial score (nSPS) is 23.4. The summed E-state index contributed by atoms with van der Waals surface area (Å²) >= 11 is 4.99. The van der Waals surface area contributed by atoms with E-state index in [0.717, 1.165) is 23.0 Å². The van der Waals surface area contributed by atoms with Gasteiger partial charge in [0.2, 0.25) is 0 Å². The summed E-state index contributed by atoms with van der Waals surface area (Å²) in [5, 5.41) is 0.390. The topological polar surface area (TPSA) is 85.3 Å². The van der Waals surface area contributed by atoms with Crippen LogP contribution in [0.15, 0.2) is 21.6 Å². The molecule has 1 aromatic rings. The molecule has 7 nitrogen and oxygen atoms in total. The molecule has 0 spiro atoms. The molecule has 2 atom stereocenters. The van der Waals surface area contributed by atoms with Crippen LogP contribution < -0.4 is 14.4 Å². The maximum absolute atomic E-state index is 12.8. The molecule has 2 aliphatic heterocycles. The number of hydrogen-bond donors (Lipinski definition) is 0. The van der Waals surface area contributed by atoms with Gasteiger partial charge in [0.15, 0.2) is 26.5 Å². The lowest BCUT2D eigenvalue weighted by molar-refractivity contribution is -0.121. The Morgan fingerprint density at radius 2 is 1.77 bits per heavy atom. The summed E-state index contributed by atoms with van der Waals surface area (Å²) in [6.45, 7) is 8.70. The second-order valence-corrected chi connectivity index (χ2v) is 11.7. The van der Waals surface area contributed by atoms with Crippen molar-refractivity contribution in [2.24, 2.45) is 10.9 Å². The van der Waals surface area contributed by atoms with Gasteiger partial charge in [-0.25, -0.2) is 8.42 Å². The molecule has 1 aromatic carbocycles. The monoisotopic (exact) mass is 532 g/mol. The summed E-state index contributed by atoms with van der Waals surface area (Å²) in [4.78, 5) is 19.1. The SMILES string of the molecule is CCOc1cc(Br)c(N2C(=NC(=O)C(CC)CC)S[C@H]3CS(=O)(=O)C[C@H]32)cc1OCC. The molecule has 0 aliphatic carbocycles. The van der Waals surface area contributed by atoms with Gasteiger partial charge in [-0.1, -0.05) is 25.6 Å². The van der Waals surface area contributed by atoms with Crippen LogP contribution >= 0.6 is 27.7 Å². The van der Waals surface area contributed by atoms with Gasteiger partial charge in [-0.05, 0) is 42.6 Å². The number of carbonyl (C=O) groups is 1. The Balaban J connectivity index is 2.09. The van der Waals surface area contributed by atoms with Gasteiger partial charge in [0.1, 0.15) is 0 Å². The van der Waals surface area contributed by atoms with Crippen molar-refractivity contribution < 1.29 is 22.7 Å². The third kappa shape index (κ3) is 5.22. The lowest BCUT2D eigenvalue weighted by atomic mass is 10.0. The zero-order valence-electron chi connectivity index (χ0n) is 18.3. The van der Waals surface area contributed by atoms with Crippen molar-refractivity contribution in [2.75, 3.05) is 29.6 Å². The minimum absolute atomic E-state index is 0.0342. The van der Waals surface area contributed by atoms with Crippen molar-refractivity contribution in [2.45, 2.75) is 51.8 Å². The van der Waals surface area contributed by atoms with Gasteiger partial charge in [0.05, 0.1) is 36.4 Å². The van der Waals surface area contributed by atoms with E-state index >= 15 is 0 Å². The number of carbonyl (C=O) groups excluding carboxylic acids is 1. The number of sulfone groups is 1. The molecule has 31 heavy (non-hydrogen) atoms. The fraction of sp³-hybridized carbons (Fsp3) is 0.619. The number of hydrogen-bond acceptors (Lipinski definition) is 6. The fourth-order valence-electron chi connectivity index (χ4n) is 3.92. The highest BCUT2D eigenvalue weighted by Gasteiger charge is 2.50. The second-order valence-electron chi connectivity index (χ2n) is 7.53. The van der Waals surface area contributed by atoms with Gasteiger partial charge in [-0.2, -0.15) is 4.99 Å². The first-order chi connectivity index (χ1) is 14.7. The Hall–Kier alpha value is -1.26. The summed E-state index contributed by atoms with van der Waals surface area (Å²) in [7, 11) is -3.15. The number of nitrogens with zero attached hydrogens (tertiary/aromatic N) is 2. The van der Waals surface area contributed by atoms with Gasteiger partial charge in [0, 0.05) is 27.8 Å².